The second kappa shape index (κ2) is 26.0. The minimum atomic E-state index is 0. The first-order valence-corrected chi connectivity index (χ1v) is 0. The molecule has 0 amide bonds. The first-order chi connectivity index (χ1) is 0. The van der Waals surface area contributed by atoms with E-state index in [1.54, 1.807) is 0 Å². The quantitative estimate of drug-likeness (QED) is 0.331. The van der Waals surface area contributed by atoms with Crippen molar-refractivity contribution in [3.8, 4) is 0 Å². The first-order valence-electron chi connectivity index (χ1n) is 0. The van der Waals surface area contributed by atoms with Gasteiger partial charge in [0.1, 0.15) is 0 Å². The molecule has 0 spiro atoms. The van der Waals surface area contributed by atoms with Crippen molar-refractivity contribution in [3.05, 3.63) is 0 Å². The summed E-state index contributed by atoms with van der Waals surface area (Å²) < 4.78 is 0. The van der Waals surface area contributed by atoms with Crippen LogP contribution >= 0.6 is 13.5 Å². The summed E-state index contributed by atoms with van der Waals surface area (Å²) >= 11 is 0. The Morgan fingerprint density at radius 1 is 0.800 bits per heavy atom. The standard InChI is InChI=1S/2Ca.2ClH.H2S.2H/h;;2*1H;1H2;;/q2*+2;;;;2*-1/p-2. The average Bonchev–Trinajstić information content (AvgIpc) is 0. The third-order valence-electron chi connectivity index (χ3n) is 0. The van der Waals surface area contributed by atoms with Crippen molar-refractivity contribution in [2.75, 3.05) is 0 Å². The molecule has 0 heterocycles. The minimum absolute atomic E-state index is 0. The molecule has 0 fully saturated rings. The zero-order valence-electron chi connectivity index (χ0n) is 4.67. The van der Waals surface area contributed by atoms with Gasteiger partial charge in [-0.25, -0.2) is 0 Å². The molecule has 0 aromatic rings. The molecule has 0 aliphatic rings. The van der Waals surface area contributed by atoms with E-state index in [9.17, 15) is 0 Å². The Labute approximate surface area is 114 Å². The van der Waals surface area contributed by atoms with Crippen molar-refractivity contribution in [2.45, 2.75) is 0 Å². The smallest absolute Gasteiger partial charge is 1.00 e. The Bertz CT molecular complexity index is 13.7. The fraction of sp³-hybridized carbons (Fsp3) is 0. The second-order valence-electron chi connectivity index (χ2n) is 0. The summed E-state index contributed by atoms with van der Waals surface area (Å²) in [5.74, 6) is 0. The Kier molecular flexibility index (Phi) is 205. The summed E-state index contributed by atoms with van der Waals surface area (Å²) in [5.41, 5.74) is 0. The van der Waals surface area contributed by atoms with Crippen LogP contribution in [0.2, 0.25) is 0 Å². The molecular formula is H4Ca2Cl2S. The molecule has 28 valence electrons. The van der Waals surface area contributed by atoms with E-state index in [4.69, 9.17) is 0 Å². The second-order valence-corrected chi connectivity index (χ2v) is 0. The molecule has 0 nitrogen and oxygen atoms in total. The maximum absolute atomic E-state index is 0. The van der Waals surface area contributed by atoms with Gasteiger partial charge in [0.15, 0.2) is 0 Å². The predicted octanol–water partition coefficient (Wildman–Crippen LogP) is -6.42. The van der Waals surface area contributed by atoms with Gasteiger partial charge < -0.3 is 27.7 Å². The number of halogens is 2. The van der Waals surface area contributed by atoms with Crippen LogP contribution in [0.25, 0.3) is 0 Å². The van der Waals surface area contributed by atoms with Gasteiger partial charge in [-0.3, -0.25) is 0 Å². The van der Waals surface area contributed by atoms with Crippen molar-refractivity contribution < 1.29 is 27.7 Å². The van der Waals surface area contributed by atoms with Crippen LogP contribution in [0.5, 0.6) is 0 Å². The Balaban J connectivity index is 0. The van der Waals surface area contributed by atoms with E-state index in [1.165, 1.54) is 0 Å². The van der Waals surface area contributed by atoms with E-state index in [2.05, 4.69) is 0 Å². The van der Waals surface area contributed by atoms with Crippen molar-refractivity contribution in [1.82, 2.24) is 0 Å². The summed E-state index contributed by atoms with van der Waals surface area (Å²) in [6.45, 7) is 0. The third-order valence-corrected chi connectivity index (χ3v) is 0. The Hall–Kier alpha value is 3.45. The summed E-state index contributed by atoms with van der Waals surface area (Å²) in [7, 11) is 0. The van der Waals surface area contributed by atoms with E-state index in [1.807, 2.05) is 0 Å². The van der Waals surface area contributed by atoms with E-state index >= 15 is 0 Å². The third kappa shape index (κ3) is 18.6. The molecular weight excluding hydrogens is 183 g/mol. The van der Waals surface area contributed by atoms with Crippen LogP contribution in [0, 0.1) is 0 Å². The summed E-state index contributed by atoms with van der Waals surface area (Å²) in [4.78, 5) is 0. The van der Waals surface area contributed by atoms with E-state index in [-0.39, 0.29) is 117 Å². The van der Waals surface area contributed by atoms with Gasteiger partial charge in [0.2, 0.25) is 0 Å². The van der Waals surface area contributed by atoms with E-state index in [0.717, 1.165) is 0 Å². The predicted molar refractivity (Wildman–Crippen MR) is 24.1 cm³/mol. The molecule has 0 aromatic heterocycles. The summed E-state index contributed by atoms with van der Waals surface area (Å²) in [5, 5.41) is 0. The van der Waals surface area contributed by atoms with Gasteiger partial charge in [0, 0.05) is 0 Å². The van der Waals surface area contributed by atoms with Gasteiger partial charge >= 0.3 is 75.5 Å². The molecule has 0 radical (unpaired) electrons. The van der Waals surface area contributed by atoms with Crippen LogP contribution in [0.1, 0.15) is 2.85 Å². The summed E-state index contributed by atoms with van der Waals surface area (Å²) in [6, 6.07) is 0. The van der Waals surface area contributed by atoms with Crippen molar-refractivity contribution >= 4 is 89.0 Å². The first kappa shape index (κ1) is 39.4. The fourth-order valence-electron chi connectivity index (χ4n) is 0. The molecule has 0 saturated heterocycles. The molecule has 0 aliphatic carbocycles. The monoisotopic (exact) mass is 186 g/mol. The van der Waals surface area contributed by atoms with Crippen LogP contribution in [0.15, 0.2) is 0 Å². The fourth-order valence-corrected chi connectivity index (χ4v) is 0. The van der Waals surface area contributed by atoms with Crippen molar-refractivity contribution in [2.24, 2.45) is 0 Å². The minimum Gasteiger partial charge on any atom is -1.00 e. The molecule has 0 aliphatic heterocycles. The zero-order chi connectivity index (χ0) is 0. The molecule has 0 saturated carbocycles. The van der Waals surface area contributed by atoms with Gasteiger partial charge in [-0.05, 0) is 0 Å². The normalized spacial score (nSPS) is 0. The zero-order valence-corrected chi connectivity index (χ0v) is 9.60. The summed E-state index contributed by atoms with van der Waals surface area (Å²) in [6.07, 6.45) is 0. The van der Waals surface area contributed by atoms with Crippen LogP contribution in [0.4, 0.5) is 0 Å². The topological polar surface area (TPSA) is 0 Å². The Morgan fingerprint density at radius 2 is 0.800 bits per heavy atom. The maximum Gasteiger partial charge on any atom is 2.00 e. The van der Waals surface area contributed by atoms with Gasteiger partial charge in [-0.1, -0.05) is 0 Å². The van der Waals surface area contributed by atoms with Crippen LogP contribution < -0.4 is 24.8 Å². The molecule has 0 atom stereocenters. The Morgan fingerprint density at radius 3 is 0.800 bits per heavy atom. The van der Waals surface area contributed by atoms with Gasteiger partial charge in [-0.15, -0.1) is 0 Å². The SMILES string of the molecule is S.[Ca+2].[Ca+2].[Cl-].[Cl-].[H-].[H-]. The number of hydrogen-bond acceptors (Lipinski definition) is 0. The molecule has 0 rings (SSSR count). The van der Waals surface area contributed by atoms with Gasteiger partial charge in [0.05, 0.1) is 0 Å². The van der Waals surface area contributed by atoms with Crippen LogP contribution in [0.3, 0.4) is 0 Å². The molecule has 5 heteroatoms. The van der Waals surface area contributed by atoms with Crippen LogP contribution in [-0.4, -0.2) is 75.5 Å². The average molecular weight is 187 g/mol. The molecule has 0 bridgehead atoms. The maximum atomic E-state index is 0. The molecule has 0 unspecified atom stereocenters. The molecule has 0 N–H and O–H groups in total. The van der Waals surface area contributed by atoms with Crippen LogP contribution in [-0.2, 0) is 0 Å². The van der Waals surface area contributed by atoms with Gasteiger partial charge in [0.25, 0.3) is 0 Å². The van der Waals surface area contributed by atoms with Crippen molar-refractivity contribution in [3.63, 3.8) is 0 Å². The van der Waals surface area contributed by atoms with Gasteiger partial charge in [-0.2, -0.15) is 13.5 Å². The van der Waals surface area contributed by atoms with E-state index < -0.39 is 0 Å². The number of rotatable bonds is 0. The van der Waals surface area contributed by atoms with Crippen molar-refractivity contribution in [1.29, 1.82) is 0 Å². The molecule has 0 aromatic carbocycles. The molecule has 5 heavy (non-hydrogen) atoms. The largest absolute Gasteiger partial charge is 2.00 e. The van der Waals surface area contributed by atoms with E-state index in [0.29, 0.717) is 0 Å². The number of hydrogen-bond donors (Lipinski definition) is 0.